The number of hydrogen-bond acceptors (Lipinski definition) is 4. The number of aliphatic hydroxyl groups is 1. The van der Waals surface area contributed by atoms with Gasteiger partial charge in [-0.1, -0.05) is 17.7 Å². The maximum atomic E-state index is 12.3. The molecule has 0 atom stereocenters. The van der Waals surface area contributed by atoms with Crippen molar-refractivity contribution in [1.82, 2.24) is 9.78 Å². The highest BCUT2D eigenvalue weighted by Gasteiger charge is 2.14. The fourth-order valence-electron chi connectivity index (χ4n) is 2.79. The number of nitrogens with zero attached hydrogens (tertiary/aromatic N) is 2. The van der Waals surface area contributed by atoms with E-state index >= 15 is 0 Å². The Balaban J connectivity index is 1.72. The summed E-state index contributed by atoms with van der Waals surface area (Å²) in [5, 5.41) is 18.6. The number of aromatic nitrogens is 2. The molecule has 2 N–H and O–H groups in total. The van der Waals surface area contributed by atoms with Crippen molar-refractivity contribution in [3.8, 4) is 10.6 Å². The van der Waals surface area contributed by atoms with Crippen LogP contribution in [0, 0.1) is 0 Å². The first-order valence-electron chi connectivity index (χ1n) is 7.96. The average molecular weight is 331 g/mol. The molecule has 3 rings (SSSR count). The van der Waals surface area contributed by atoms with Crippen LogP contribution in [0.2, 0.25) is 0 Å². The van der Waals surface area contributed by atoms with E-state index in [-0.39, 0.29) is 12.5 Å². The van der Waals surface area contributed by atoms with E-state index in [1.165, 1.54) is 18.4 Å². The molecule has 2 heterocycles. The van der Waals surface area contributed by atoms with E-state index in [9.17, 15) is 9.90 Å². The molecule has 0 spiro atoms. The first-order valence-corrected chi connectivity index (χ1v) is 8.84. The van der Waals surface area contributed by atoms with Crippen LogP contribution in [-0.2, 0) is 11.3 Å². The number of aliphatic hydroxyl groups excluding tert-OH is 1. The van der Waals surface area contributed by atoms with Crippen molar-refractivity contribution < 1.29 is 9.90 Å². The summed E-state index contributed by atoms with van der Waals surface area (Å²) in [5.41, 5.74) is 2.04. The molecule has 23 heavy (non-hydrogen) atoms. The lowest BCUT2D eigenvalue weighted by atomic mass is 9.97. The Kier molecular flexibility index (Phi) is 5.25. The molecule has 0 bridgehead atoms. The molecular formula is C17H21N3O2S. The van der Waals surface area contributed by atoms with Gasteiger partial charge in [0.15, 0.2) is 0 Å². The lowest BCUT2D eigenvalue weighted by Crippen LogP contribution is -2.17. The fourth-order valence-corrected chi connectivity index (χ4v) is 3.47. The summed E-state index contributed by atoms with van der Waals surface area (Å²) in [6, 6.07) is 5.84. The molecule has 0 unspecified atom stereocenters. The van der Waals surface area contributed by atoms with Gasteiger partial charge in [-0.3, -0.25) is 4.79 Å². The normalized spacial score (nSPS) is 14.6. The third-order valence-electron chi connectivity index (χ3n) is 3.91. The maximum Gasteiger partial charge on any atom is 0.229 e. The fraction of sp³-hybridized carbons (Fsp3) is 0.412. The van der Waals surface area contributed by atoms with Crippen LogP contribution in [-0.4, -0.2) is 27.4 Å². The molecule has 0 fully saturated rings. The van der Waals surface area contributed by atoms with Crippen LogP contribution < -0.4 is 5.32 Å². The second-order valence-corrected chi connectivity index (χ2v) is 6.62. The predicted octanol–water partition coefficient (Wildman–Crippen LogP) is 3.43. The molecule has 0 aliphatic heterocycles. The first kappa shape index (κ1) is 16.0. The van der Waals surface area contributed by atoms with Crippen LogP contribution in [0.4, 0.5) is 5.82 Å². The van der Waals surface area contributed by atoms with Gasteiger partial charge in [0.05, 0.1) is 18.0 Å². The zero-order chi connectivity index (χ0) is 16.1. The first-order chi connectivity index (χ1) is 11.3. The van der Waals surface area contributed by atoms with Gasteiger partial charge >= 0.3 is 0 Å². The van der Waals surface area contributed by atoms with Crippen LogP contribution in [0.25, 0.3) is 10.6 Å². The number of hydrogen-bond donors (Lipinski definition) is 2. The molecule has 122 valence electrons. The van der Waals surface area contributed by atoms with Crippen LogP contribution in [0.3, 0.4) is 0 Å². The second kappa shape index (κ2) is 7.57. The summed E-state index contributed by atoms with van der Waals surface area (Å²) < 4.78 is 1.65. The van der Waals surface area contributed by atoms with Crippen molar-refractivity contribution in [2.45, 2.75) is 38.6 Å². The molecule has 2 aromatic heterocycles. The summed E-state index contributed by atoms with van der Waals surface area (Å²) in [6.07, 6.45) is 7.11. The molecular weight excluding hydrogens is 310 g/mol. The Morgan fingerprint density at radius 3 is 3.04 bits per heavy atom. The second-order valence-electron chi connectivity index (χ2n) is 5.67. The number of anilines is 1. The molecule has 0 saturated heterocycles. The Morgan fingerprint density at radius 1 is 1.43 bits per heavy atom. The van der Waals surface area contributed by atoms with Gasteiger partial charge in [-0.15, -0.1) is 11.3 Å². The van der Waals surface area contributed by atoms with Gasteiger partial charge in [-0.05, 0) is 37.1 Å². The van der Waals surface area contributed by atoms with Crippen molar-refractivity contribution in [3.05, 3.63) is 35.2 Å². The topological polar surface area (TPSA) is 67.2 Å². The molecule has 5 nitrogen and oxygen atoms in total. The van der Waals surface area contributed by atoms with Crippen molar-refractivity contribution in [1.29, 1.82) is 0 Å². The third kappa shape index (κ3) is 4.09. The van der Waals surface area contributed by atoms with Crippen LogP contribution in [0.5, 0.6) is 0 Å². The SMILES string of the molecule is O=C(CC1=CCCCC1)Nc1cc(-c2cccs2)nn1CCO. The number of rotatable bonds is 6. The molecule has 6 heteroatoms. The van der Waals surface area contributed by atoms with E-state index in [2.05, 4.69) is 16.5 Å². The minimum Gasteiger partial charge on any atom is -0.394 e. The number of nitrogens with one attached hydrogen (secondary N) is 1. The highest BCUT2D eigenvalue weighted by molar-refractivity contribution is 7.13. The van der Waals surface area contributed by atoms with Gasteiger partial charge in [-0.25, -0.2) is 4.68 Å². The van der Waals surface area contributed by atoms with E-state index < -0.39 is 0 Å². The molecule has 2 aromatic rings. The van der Waals surface area contributed by atoms with E-state index in [1.807, 2.05) is 23.6 Å². The molecule has 0 saturated carbocycles. The average Bonchev–Trinajstić information content (AvgIpc) is 3.19. The predicted molar refractivity (Wildman–Crippen MR) is 92.4 cm³/mol. The summed E-state index contributed by atoms with van der Waals surface area (Å²) in [5.74, 6) is 0.624. The summed E-state index contributed by atoms with van der Waals surface area (Å²) in [7, 11) is 0. The van der Waals surface area contributed by atoms with Crippen molar-refractivity contribution in [3.63, 3.8) is 0 Å². The minimum absolute atomic E-state index is 0.0143. The van der Waals surface area contributed by atoms with Gasteiger partial charge in [0.1, 0.15) is 11.5 Å². The van der Waals surface area contributed by atoms with E-state index in [0.717, 1.165) is 23.4 Å². The summed E-state index contributed by atoms with van der Waals surface area (Å²) >= 11 is 1.60. The highest BCUT2D eigenvalue weighted by Crippen LogP contribution is 2.26. The van der Waals surface area contributed by atoms with Gasteiger partial charge in [0, 0.05) is 12.5 Å². The highest BCUT2D eigenvalue weighted by atomic mass is 32.1. The Morgan fingerprint density at radius 2 is 2.35 bits per heavy atom. The zero-order valence-corrected chi connectivity index (χ0v) is 13.8. The molecule has 1 aliphatic carbocycles. The lowest BCUT2D eigenvalue weighted by molar-refractivity contribution is -0.115. The van der Waals surface area contributed by atoms with Crippen LogP contribution in [0.15, 0.2) is 35.2 Å². The zero-order valence-electron chi connectivity index (χ0n) is 13.0. The van der Waals surface area contributed by atoms with E-state index in [4.69, 9.17) is 0 Å². The Bertz CT molecular complexity index is 689. The van der Waals surface area contributed by atoms with Crippen molar-refractivity contribution >= 4 is 23.1 Å². The number of allylic oxidation sites excluding steroid dienone is 1. The van der Waals surface area contributed by atoms with Crippen LogP contribution >= 0.6 is 11.3 Å². The number of thiophene rings is 1. The standard InChI is InChI=1S/C17H21N3O2S/c21-9-8-20-16(12-14(19-20)15-7-4-10-23-15)18-17(22)11-13-5-2-1-3-6-13/h4-5,7,10,12,21H,1-3,6,8-9,11H2,(H,18,22). The largest absolute Gasteiger partial charge is 0.394 e. The summed E-state index contributed by atoms with van der Waals surface area (Å²) in [4.78, 5) is 13.3. The lowest BCUT2D eigenvalue weighted by Gasteiger charge is -2.13. The quantitative estimate of drug-likeness (QED) is 0.797. The van der Waals surface area contributed by atoms with Crippen molar-refractivity contribution in [2.24, 2.45) is 0 Å². The third-order valence-corrected chi connectivity index (χ3v) is 4.80. The van der Waals surface area contributed by atoms with Gasteiger partial charge in [0.2, 0.25) is 5.91 Å². The van der Waals surface area contributed by atoms with Crippen LogP contribution in [0.1, 0.15) is 32.1 Å². The monoisotopic (exact) mass is 331 g/mol. The van der Waals surface area contributed by atoms with Crippen molar-refractivity contribution in [2.75, 3.05) is 11.9 Å². The molecule has 0 aromatic carbocycles. The Hall–Kier alpha value is -1.92. The number of carbonyl (C=O) groups excluding carboxylic acids is 1. The van der Waals surface area contributed by atoms with Gasteiger partial charge in [0.25, 0.3) is 0 Å². The van der Waals surface area contributed by atoms with Gasteiger partial charge < -0.3 is 10.4 Å². The summed E-state index contributed by atoms with van der Waals surface area (Å²) in [6.45, 7) is 0.350. The molecule has 0 radical (unpaired) electrons. The smallest absolute Gasteiger partial charge is 0.229 e. The maximum absolute atomic E-state index is 12.3. The van der Waals surface area contributed by atoms with Gasteiger partial charge in [-0.2, -0.15) is 5.10 Å². The number of carbonyl (C=O) groups is 1. The minimum atomic E-state index is -0.0185. The van der Waals surface area contributed by atoms with E-state index in [0.29, 0.717) is 18.8 Å². The van der Waals surface area contributed by atoms with E-state index in [1.54, 1.807) is 16.0 Å². The Labute approximate surface area is 139 Å². The number of amides is 1. The molecule has 1 amide bonds. The molecule has 1 aliphatic rings.